The highest BCUT2D eigenvalue weighted by Crippen LogP contribution is 2.39. The van der Waals surface area contributed by atoms with Gasteiger partial charge in [-0.05, 0) is 56.2 Å². The summed E-state index contributed by atoms with van der Waals surface area (Å²) in [7, 11) is 0. The van der Waals surface area contributed by atoms with E-state index in [1.807, 2.05) is 23.1 Å². The molecule has 3 N–H and O–H groups in total. The maximum absolute atomic E-state index is 12.6. The minimum Gasteiger partial charge on any atom is -0.353 e. The molecule has 1 aromatic carbocycles. The number of halogens is 2. The zero-order chi connectivity index (χ0) is 19.4. The van der Waals surface area contributed by atoms with Gasteiger partial charge in [-0.15, -0.1) is 12.4 Å². The van der Waals surface area contributed by atoms with Crippen molar-refractivity contribution in [2.45, 2.75) is 56.9 Å². The Hall–Kier alpha value is -1.30. The second-order valence-corrected chi connectivity index (χ2v) is 8.49. The van der Waals surface area contributed by atoms with Crippen molar-refractivity contribution in [2.24, 2.45) is 11.7 Å². The number of piperidine rings is 1. The molecule has 28 heavy (non-hydrogen) atoms. The molecule has 0 spiro atoms. The van der Waals surface area contributed by atoms with Crippen LogP contribution in [0.5, 0.6) is 0 Å². The molecule has 5 nitrogen and oxygen atoms in total. The monoisotopic (exact) mass is 427 g/mol. The van der Waals surface area contributed by atoms with Gasteiger partial charge in [-0.3, -0.25) is 9.59 Å². The van der Waals surface area contributed by atoms with E-state index in [9.17, 15) is 9.59 Å². The van der Waals surface area contributed by atoms with E-state index in [0.717, 1.165) is 43.5 Å². The molecule has 1 aliphatic heterocycles. The van der Waals surface area contributed by atoms with E-state index in [1.165, 1.54) is 5.56 Å². The third kappa shape index (κ3) is 5.19. The Morgan fingerprint density at radius 3 is 2.39 bits per heavy atom. The average molecular weight is 428 g/mol. The Bertz CT molecular complexity index is 682. The van der Waals surface area contributed by atoms with Crippen LogP contribution in [0.2, 0.25) is 5.02 Å². The third-order valence-corrected chi connectivity index (χ3v) is 6.66. The van der Waals surface area contributed by atoms with Gasteiger partial charge < -0.3 is 16.0 Å². The third-order valence-electron chi connectivity index (χ3n) is 6.43. The van der Waals surface area contributed by atoms with Crippen LogP contribution in [0.25, 0.3) is 0 Å². The molecule has 1 aliphatic carbocycles. The van der Waals surface area contributed by atoms with E-state index in [1.54, 1.807) is 6.92 Å². The topological polar surface area (TPSA) is 75.4 Å². The number of hydrogen-bond acceptors (Lipinski definition) is 3. The van der Waals surface area contributed by atoms with Crippen molar-refractivity contribution in [2.75, 3.05) is 19.6 Å². The lowest BCUT2D eigenvalue weighted by Crippen LogP contribution is -2.48. The van der Waals surface area contributed by atoms with Gasteiger partial charge in [0.15, 0.2) is 0 Å². The minimum atomic E-state index is -0.0427. The van der Waals surface area contributed by atoms with Crippen molar-refractivity contribution in [1.29, 1.82) is 0 Å². The van der Waals surface area contributed by atoms with Crippen molar-refractivity contribution in [1.82, 2.24) is 10.2 Å². The summed E-state index contributed by atoms with van der Waals surface area (Å²) in [6, 6.07) is 8.22. The lowest BCUT2D eigenvalue weighted by molar-refractivity contribution is -0.134. The van der Waals surface area contributed by atoms with E-state index in [2.05, 4.69) is 11.4 Å². The first-order valence-electron chi connectivity index (χ1n) is 9.95. The first-order valence-corrected chi connectivity index (χ1v) is 10.3. The molecule has 0 radical (unpaired) electrons. The van der Waals surface area contributed by atoms with Crippen LogP contribution >= 0.6 is 24.0 Å². The standard InChI is InChI=1S/C21H30ClN3O2.ClH/c1-15(26)25-11-7-16(8-12-25)20(27)24-19-5-9-21(14-23,10-6-19)17-3-2-4-18(22)13-17;/h2-4,13,16,19H,5-12,14,23H2,1H3,(H,24,27);1H. The van der Waals surface area contributed by atoms with Crippen molar-refractivity contribution >= 4 is 35.8 Å². The largest absolute Gasteiger partial charge is 0.353 e. The van der Waals surface area contributed by atoms with Crippen LogP contribution in [0.15, 0.2) is 24.3 Å². The van der Waals surface area contributed by atoms with Crippen LogP contribution in [0, 0.1) is 5.92 Å². The quantitative estimate of drug-likeness (QED) is 0.773. The summed E-state index contributed by atoms with van der Waals surface area (Å²) in [4.78, 5) is 25.9. The van der Waals surface area contributed by atoms with Crippen LogP contribution in [-0.2, 0) is 15.0 Å². The summed E-state index contributed by atoms with van der Waals surface area (Å²) < 4.78 is 0. The first kappa shape index (κ1) is 23.0. The van der Waals surface area contributed by atoms with Crippen LogP contribution in [0.1, 0.15) is 51.0 Å². The molecule has 1 aromatic rings. The summed E-state index contributed by atoms with van der Waals surface area (Å²) in [5, 5.41) is 3.99. The predicted octanol–water partition coefficient (Wildman–Crippen LogP) is 3.28. The molecule has 156 valence electrons. The summed E-state index contributed by atoms with van der Waals surface area (Å²) in [6.45, 7) is 3.55. The van der Waals surface area contributed by atoms with Gasteiger partial charge in [0.05, 0.1) is 0 Å². The number of carbonyl (C=O) groups excluding carboxylic acids is 2. The van der Waals surface area contributed by atoms with Crippen molar-refractivity contribution in [3.8, 4) is 0 Å². The molecular weight excluding hydrogens is 397 g/mol. The Balaban J connectivity index is 0.00000280. The normalized spacial score (nSPS) is 25.7. The zero-order valence-electron chi connectivity index (χ0n) is 16.5. The molecule has 2 fully saturated rings. The average Bonchev–Trinajstić information content (AvgIpc) is 2.69. The van der Waals surface area contributed by atoms with Gasteiger partial charge in [0, 0.05) is 49.0 Å². The van der Waals surface area contributed by atoms with Crippen molar-refractivity contribution in [3.05, 3.63) is 34.9 Å². The molecular formula is C21H31Cl2N3O2. The van der Waals surface area contributed by atoms with E-state index in [0.29, 0.717) is 19.6 Å². The Kier molecular flexibility index (Phi) is 8.17. The van der Waals surface area contributed by atoms with Crippen molar-refractivity contribution < 1.29 is 9.59 Å². The number of likely N-dealkylation sites (tertiary alicyclic amines) is 1. The number of rotatable bonds is 4. The summed E-state index contributed by atoms with van der Waals surface area (Å²) in [6.07, 6.45) is 5.29. The molecule has 0 atom stereocenters. The smallest absolute Gasteiger partial charge is 0.223 e. The first-order chi connectivity index (χ1) is 12.9. The molecule has 1 saturated heterocycles. The zero-order valence-corrected chi connectivity index (χ0v) is 18.0. The van der Waals surface area contributed by atoms with Gasteiger partial charge in [-0.1, -0.05) is 23.7 Å². The van der Waals surface area contributed by atoms with E-state index < -0.39 is 0 Å². The number of nitrogens with zero attached hydrogens (tertiary/aromatic N) is 1. The van der Waals surface area contributed by atoms with Crippen LogP contribution in [0.3, 0.4) is 0 Å². The number of nitrogens with two attached hydrogens (primary N) is 1. The number of carbonyl (C=O) groups is 2. The molecule has 0 aromatic heterocycles. The van der Waals surface area contributed by atoms with Gasteiger partial charge in [-0.2, -0.15) is 0 Å². The second-order valence-electron chi connectivity index (χ2n) is 8.06. The molecule has 2 amide bonds. The van der Waals surface area contributed by atoms with Crippen LogP contribution in [0.4, 0.5) is 0 Å². The molecule has 7 heteroatoms. The lowest BCUT2D eigenvalue weighted by atomic mass is 9.68. The fourth-order valence-corrected chi connectivity index (χ4v) is 4.71. The fourth-order valence-electron chi connectivity index (χ4n) is 4.52. The number of amides is 2. The minimum absolute atomic E-state index is 0. The lowest BCUT2D eigenvalue weighted by Gasteiger charge is -2.40. The SMILES string of the molecule is CC(=O)N1CCC(C(=O)NC2CCC(CN)(c3cccc(Cl)c3)CC2)CC1.Cl. The van der Waals surface area contributed by atoms with Gasteiger partial charge >= 0.3 is 0 Å². The summed E-state index contributed by atoms with van der Waals surface area (Å²) in [5.41, 5.74) is 7.32. The molecule has 2 aliphatic rings. The molecule has 1 heterocycles. The Labute approximate surface area is 178 Å². The summed E-state index contributed by atoms with van der Waals surface area (Å²) >= 11 is 6.17. The highest BCUT2D eigenvalue weighted by atomic mass is 35.5. The Morgan fingerprint density at radius 1 is 1.21 bits per heavy atom. The highest BCUT2D eigenvalue weighted by molar-refractivity contribution is 6.30. The molecule has 0 bridgehead atoms. The highest BCUT2D eigenvalue weighted by Gasteiger charge is 2.37. The maximum Gasteiger partial charge on any atom is 0.223 e. The Morgan fingerprint density at radius 2 is 1.86 bits per heavy atom. The van der Waals surface area contributed by atoms with Crippen molar-refractivity contribution in [3.63, 3.8) is 0 Å². The number of benzene rings is 1. The van der Waals surface area contributed by atoms with Gasteiger partial charge in [0.25, 0.3) is 0 Å². The number of hydrogen-bond donors (Lipinski definition) is 2. The second kappa shape index (κ2) is 9.95. The van der Waals surface area contributed by atoms with Crippen LogP contribution in [-0.4, -0.2) is 42.4 Å². The number of nitrogens with one attached hydrogen (secondary N) is 1. The van der Waals surface area contributed by atoms with Gasteiger partial charge in [0.1, 0.15) is 0 Å². The van der Waals surface area contributed by atoms with E-state index in [4.69, 9.17) is 17.3 Å². The predicted molar refractivity (Wildman–Crippen MR) is 115 cm³/mol. The van der Waals surface area contributed by atoms with E-state index >= 15 is 0 Å². The summed E-state index contributed by atoms with van der Waals surface area (Å²) in [5.74, 6) is 0.265. The van der Waals surface area contributed by atoms with Gasteiger partial charge in [0.2, 0.25) is 11.8 Å². The molecule has 1 saturated carbocycles. The maximum atomic E-state index is 12.6. The van der Waals surface area contributed by atoms with Gasteiger partial charge in [-0.25, -0.2) is 0 Å². The van der Waals surface area contributed by atoms with E-state index in [-0.39, 0.29) is 41.6 Å². The molecule has 0 unspecified atom stereocenters. The fraction of sp³-hybridized carbons (Fsp3) is 0.619. The molecule has 3 rings (SSSR count). The van der Waals surface area contributed by atoms with Crippen LogP contribution < -0.4 is 11.1 Å².